The molecule has 2 heterocycles. The van der Waals surface area contributed by atoms with Crippen molar-refractivity contribution >= 4 is 17.2 Å². The normalized spacial score (nSPS) is 21.2. The zero-order chi connectivity index (χ0) is 19.7. The van der Waals surface area contributed by atoms with E-state index in [0.29, 0.717) is 25.1 Å². The fourth-order valence-electron chi connectivity index (χ4n) is 3.33. The minimum atomic E-state index is -4.41. The molecule has 27 heavy (non-hydrogen) atoms. The van der Waals surface area contributed by atoms with Gasteiger partial charge in [-0.3, -0.25) is 10.1 Å². The van der Waals surface area contributed by atoms with Crippen molar-refractivity contribution in [2.75, 3.05) is 12.3 Å². The summed E-state index contributed by atoms with van der Waals surface area (Å²) in [5, 5.41) is 2.64. The Morgan fingerprint density at radius 3 is 2.41 bits per heavy atom. The number of amidine groups is 1. The largest absolute Gasteiger partial charge is 0.410 e. The third-order valence-corrected chi connectivity index (χ3v) is 4.75. The van der Waals surface area contributed by atoms with E-state index in [2.05, 4.69) is 15.3 Å². The Balaban J connectivity index is 1.94. The first-order valence-electron chi connectivity index (χ1n) is 8.48. The zero-order valence-corrected chi connectivity index (χ0v) is 14.4. The second-order valence-corrected chi connectivity index (χ2v) is 6.47. The average Bonchev–Trinajstić information content (AvgIpc) is 2.62. The molecule has 1 aliphatic rings. The molecule has 0 radical (unpaired) electrons. The number of nitrogens with zero attached hydrogens (tertiary/aromatic N) is 1. The molecule has 0 amide bonds. The van der Waals surface area contributed by atoms with E-state index in [-0.39, 0.29) is 29.1 Å². The van der Waals surface area contributed by atoms with Gasteiger partial charge in [-0.15, -0.1) is 0 Å². The molecule has 6 nitrogen and oxygen atoms in total. The predicted molar refractivity (Wildman–Crippen MR) is 97.9 cm³/mol. The lowest BCUT2D eigenvalue weighted by Crippen LogP contribution is -2.56. The number of nitrogens with one attached hydrogen (secondary N) is 2. The van der Waals surface area contributed by atoms with Gasteiger partial charge in [-0.05, 0) is 49.6 Å². The number of hydrogen-bond donors (Lipinski definition) is 4. The van der Waals surface area contributed by atoms with Gasteiger partial charge in [0.2, 0.25) is 0 Å². The summed E-state index contributed by atoms with van der Waals surface area (Å²) in [4.78, 5) is 18.4. The van der Waals surface area contributed by atoms with Gasteiger partial charge in [-0.2, -0.15) is 13.2 Å². The fraction of sp³-hybridized carbons (Fsp3) is 0.333. The van der Waals surface area contributed by atoms with Crippen LogP contribution in [0.25, 0.3) is 0 Å². The van der Waals surface area contributed by atoms with E-state index in [0.717, 1.165) is 0 Å². The lowest BCUT2D eigenvalue weighted by molar-refractivity contribution is -0.207. The number of alkyl halides is 3. The molecule has 2 aromatic rings. The fourth-order valence-corrected chi connectivity index (χ4v) is 3.33. The topological polar surface area (TPSA) is 109 Å². The first-order valence-corrected chi connectivity index (χ1v) is 8.48. The van der Waals surface area contributed by atoms with Crippen LogP contribution in [0.3, 0.4) is 0 Å². The van der Waals surface area contributed by atoms with Gasteiger partial charge in [0.25, 0.3) is 5.56 Å². The number of pyridine rings is 1. The van der Waals surface area contributed by atoms with Crippen molar-refractivity contribution in [1.29, 1.82) is 0 Å². The minimum absolute atomic E-state index is 0.0167. The van der Waals surface area contributed by atoms with Crippen LogP contribution in [0.2, 0.25) is 0 Å². The van der Waals surface area contributed by atoms with Crippen LogP contribution in [0.5, 0.6) is 0 Å². The highest BCUT2D eigenvalue weighted by atomic mass is 19.4. The first kappa shape index (κ1) is 19.0. The smallest absolute Gasteiger partial charge is 0.398 e. The summed E-state index contributed by atoms with van der Waals surface area (Å²) < 4.78 is 41.2. The Bertz CT molecular complexity index is 896. The molecule has 0 spiro atoms. The number of anilines is 1. The maximum atomic E-state index is 13.7. The van der Waals surface area contributed by atoms with E-state index in [9.17, 15) is 18.0 Å². The minimum Gasteiger partial charge on any atom is -0.398 e. The van der Waals surface area contributed by atoms with Crippen molar-refractivity contribution in [2.24, 2.45) is 10.7 Å². The van der Waals surface area contributed by atoms with Gasteiger partial charge in [0.05, 0.1) is 5.69 Å². The van der Waals surface area contributed by atoms with Gasteiger partial charge >= 0.3 is 6.18 Å². The van der Waals surface area contributed by atoms with E-state index in [1.54, 1.807) is 0 Å². The molecule has 1 saturated heterocycles. The predicted octanol–water partition coefficient (Wildman–Crippen LogP) is 2.53. The lowest BCUT2D eigenvalue weighted by Gasteiger charge is -2.40. The third-order valence-electron chi connectivity index (χ3n) is 4.75. The Morgan fingerprint density at radius 2 is 1.85 bits per heavy atom. The van der Waals surface area contributed by atoms with Crippen LogP contribution in [-0.4, -0.2) is 23.5 Å². The van der Waals surface area contributed by atoms with Crippen LogP contribution in [0.1, 0.15) is 30.4 Å². The number of hydrogen-bond acceptors (Lipinski definition) is 4. The molecular formula is C18H20F3N5O. The number of rotatable bonds is 3. The summed E-state index contributed by atoms with van der Waals surface area (Å²) in [6.07, 6.45) is -1.84. The van der Waals surface area contributed by atoms with E-state index in [1.165, 1.54) is 36.5 Å². The number of benzene rings is 1. The Morgan fingerprint density at radius 1 is 1.15 bits per heavy atom. The van der Waals surface area contributed by atoms with Gasteiger partial charge in [0.1, 0.15) is 16.9 Å². The monoisotopic (exact) mass is 379 g/mol. The summed E-state index contributed by atoms with van der Waals surface area (Å²) in [6.45, 7) is 0.308. The van der Waals surface area contributed by atoms with Crippen LogP contribution < -0.4 is 22.3 Å². The Hall–Kier alpha value is -2.81. The van der Waals surface area contributed by atoms with Crippen LogP contribution in [-0.2, 0) is 5.54 Å². The van der Waals surface area contributed by atoms with Gasteiger partial charge in [0, 0.05) is 11.9 Å². The van der Waals surface area contributed by atoms with Crippen molar-refractivity contribution in [2.45, 2.75) is 31.0 Å². The number of nitrogen functional groups attached to an aromatic ring is 1. The van der Waals surface area contributed by atoms with Crippen molar-refractivity contribution in [3.8, 4) is 0 Å². The van der Waals surface area contributed by atoms with Crippen molar-refractivity contribution in [3.05, 3.63) is 58.0 Å². The van der Waals surface area contributed by atoms with Gasteiger partial charge < -0.3 is 16.5 Å². The lowest BCUT2D eigenvalue weighted by atomic mass is 9.81. The Kier molecular flexibility index (Phi) is 4.97. The maximum absolute atomic E-state index is 13.7. The van der Waals surface area contributed by atoms with Crippen molar-refractivity contribution in [1.82, 2.24) is 10.3 Å². The molecular weight excluding hydrogens is 359 g/mol. The van der Waals surface area contributed by atoms with Gasteiger partial charge in [0.15, 0.2) is 0 Å². The molecule has 6 N–H and O–H groups in total. The molecule has 9 heteroatoms. The SMILES string of the molecule is NC(=Nc1ccc(C2(C(F)(F)F)CCCCN2)cc1)c1c(N)cc[nH]c1=O. The molecule has 0 bridgehead atoms. The Labute approximate surface area is 153 Å². The summed E-state index contributed by atoms with van der Waals surface area (Å²) in [5.74, 6) is -0.108. The number of H-pyrrole nitrogens is 1. The summed E-state index contributed by atoms with van der Waals surface area (Å²) >= 11 is 0. The maximum Gasteiger partial charge on any atom is 0.410 e. The molecule has 1 aliphatic heterocycles. The molecule has 1 aromatic carbocycles. The van der Waals surface area contributed by atoms with Crippen LogP contribution in [0, 0.1) is 0 Å². The molecule has 3 rings (SSSR count). The number of halogens is 3. The quantitative estimate of drug-likeness (QED) is 0.485. The van der Waals surface area contributed by atoms with E-state index in [1.807, 2.05) is 0 Å². The number of aromatic amines is 1. The van der Waals surface area contributed by atoms with Crippen LogP contribution in [0.15, 0.2) is 46.3 Å². The first-order chi connectivity index (χ1) is 12.7. The molecule has 1 fully saturated rings. The molecule has 0 aliphatic carbocycles. The second-order valence-electron chi connectivity index (χ2n) is 6.47. The van der Waals surface area contributed by atoms with Crippen molar-refractivity contribution in [3.63, 3.8) is 0 Å². The highest BCUT2D eigenvalue weighted by Gasteiger charge is 2.55. The zero-order valence-electron chi connectivity index (χ0n) is 14.4. The van der Waals surface area contributed by atoms with Gasteiger partial charge in [-0.25, -0.2) is 4.99 Å². The van der Waals surface area contributed by atoms with Crippen LogP contribution >= 0.6 is 0 Å². The molecule has 144 valence electrons. The van der Waals surface area contributed by atoms with Crippen molar-refractivity contribution < 1.29 is 13.2 Å². The molecule has 1 aromatic heterocycles. The van der Waals surface area contributed by atoms with E-state index < -0.39 is 17.3 Å². The number of aliphatic imine (C=N–C) groups is 1. The molecule has 1 unspecified atom stereocenters. The summed E-state index contributed by atoms with van der Waals surface area (Å²) in [7, 11) is 0. The second kappa shape index (κ2) is 7.07. The van der Waals surface area contributed by atoms with Crippen LogP contribution in [0.4, 0.5) is 24.5 Å². The average molecular weight is 379 g/mol. The summed E-state index contributed by atoms with van der Waals surface area (Å²) in [5.41, 5.74) is 9.72. The third kappa shape index (κ3) is 3.55. The number of aromatic nitrogens is 1. The highest BCUT2D eigenvalue weighted by molar-refractivity contribution is 6.02. The number of piperidine rings is 1. The highest BCUT2D eigenvalue weighted by Crippen LogP contribution is 2.44. The summed E-state index contributed by atoms with van der Waals surface area (Å²) in [6, 6.07) is 7.13. The van der Waals surface area contributed by atoms with E-state index in [4.69, 9.17) is 11.5 Å². The molecule has 1 atom stereocenters. The van der Waals surface area contributed by atoms with Gasteiger partial charge in [-0.1, -0.05) is 12.1 Å². The standard InChI is InChI=1S/C18H20F3N5O/c19-18(20,21)17(8-1-2-9-25-17)11-3-5-12(6-4-11)26-15(23)14-13(22)7-10-24-16(14)27/h3-7,10,25H,1-2,8-9H2,(H2,23,26)(H3,22,24,27). The van der Waals surface area contributed by atoms with E-state index >= 15 is 0 Å². The molecule has 0 saturated carbocycles. The number of nitrogens with two attached hydrogens (primary N) is 2.